The van der Waals surface area contributed by atoms with Crippen LogP contribution < -0.4 is 10.1 Å². The molecule has 1 atom stereocenters. The summed E-state index contributed by atoms with van der Waals surface area (Å²) in [7, 11) is 1.77. The molecule has 1 N–H and O–H groups in total. The first-order chi connectivity index (χ1) is 9.56. The molecule has 2 aromatic rings. The Bertz CT molecular complexity index is 598. The average molecular weight is 338 g/mol. The van der Waals surface area contributed by atoms with Crippen molar-refractivity contribution in [1.82, 2.24) is 15.1 Å². The topological polar surface area (TPSA) is 56.2 Å². The number of carbonyl (C=O) groups is 1. The van der Waals surface area contributed by atoms with E-state index in [1.165, 1.54) is 6.20 Å². The van der Waals surface area contributed by atoms with Gasteiger partial charge >= 0.3 is 0 Å². The molecule has 6 heteroatoms. The summed E-state index contributed by atoms with van der Waals surface area (Å²) >= 11 is 3.42. The first kappa shape index (κ1) is 14.6. The lowest BCUT2D eigenvalue weighted by Gasteiger charge is -2.16. The number of para-hydroxylation sites is 1. The number of rotatable bonds is 5. The number of nitrogens with one attached hydrogen (secondary N) is 1. The normalized spacial score (nSPS) is 11.9. The molecule has 0 saturated heterocycles. The average Bonchev–Trinajstić information content (AvgIpc) is 2.85. The van der Waals surface area contributed by atoms with E-state index in [1.54, 1.807) is 17.9 Å². The van der Waals surface area contributed by atoms with Gasteiger partial charge < -0.3 is 10.1 Å². The summed E-state index contributed by atoms with van der Waals surface area (Å²) in [5.74, 6) is 0.608. The Kier molecular flexibility index (Phi) is 4.79. The van der Waals surface area contributed by atoms with Crippen molar-refractivity contribution in [1.29, 1.82) is 0 Å². The van der Waals surface area contributed by atoms with Gasteiger partial charge in [-0.05, 0) is 35.0 Å². The quantitative estimate of drug-likeness (QED) is 0.911. The molecule has 0 fully saturated rings. The second-order valence-electron chi connectivity index (χ2n) is 4.47. The first-order valence-electron chi connectivity index (χ1n) is 6.24. The second-order valence-corrected chi connectivity index (χ2v) is 5.33. The van der Waals surface area contributed by atoms with Crippen LogP contribution in [0.5, 0.6) is 5.75 Å². The largest absolute Gasteiger partial charge is 0.488 e. The molecular formula is C14H16BrN3O2. The summed E-state index contributed by atoms with van der Waals surface area (Å²) in [4.78, 5) is 11.9. The number of aryl methyl sites for hydroxylation is 1. The highest BCUT2D eigenvalue weighted by molar-refractivity contribution is 9.10. The predicted molar refractivity (Wildman–Crippen MR) is 79.8 cm³/mol. The van der Waals surface area contributed by atoms with E-state index in [4.69, 9.17) is 4.74 Å². The molecule has 2 rings (SSSR count). The van der Waals surface area contributed by atoms with Crippen molar-refractivity contribution in [3.05, 3.63) is 46.7 Å². The lowest BCUT2D eigenvalue weighted by molar-refractivity contribution is 0.0932. The van der Waals surface area contributed by atoms with E-state index in [2.05, 4.69) is 26.3 Å². The molecular weight excluding hydrogens is 322 g/mol. The van der Waals surface area contributed by atoms with Gasteiger partial charge in [0.05, 0.1) is 22.8 Å². The van der Waals surface area contributed by atoms with Gasteiger partial charge in [-0.1, -0.05) is 12.1 Å². The fourth-order valence-electron chi connectivity index (χ4n) is 1.68. The third-order valence-corrected chi connectivity index (χ3v) is 3.34. The number of halogens is 1. The number of nitrogens with zero attached hydrogens (tertiary/aromatic N) is 2. The van der Waals surface area contributed by atoms with Crippen LogP contribution in [0.2, 0.25) is 0 Å². The van der Waals surface area contributed by atoms with Gasteiger partial charge in [0, 0.05) is 13.2 Å². The molecule has 5 nitrogen and oxygen atoms in total. The standard InChI is InChI=1S/C14H16BrN3O2/c1-10(20-13-6-4-3-5-12(13)15)7-16-14(19)11-8-17-18(2)9-11/h3-6,8-10H,7H2,1-2H3,(H,16,19)/t10-/m1/s1. The fraction of sp³-hybridized carbons (Fsp3) is 0.286. The van der Waals surface area contributed by atoms with Gasteiger partial charge in [0.2, 0.25) is 0 Å². The van der Waals surface area contributed by atoms with Gasteiger partial charge in [-0.3, -0.25) is 9.48 Å². The second kappa shape index (κ2) is 6.56. The van der Waals surface area contributed by atoms with E-state index in [-0.39, 0.29) is 12.0 Å². The molecule has 0 radical (unpaired) electrons. The van der Waals surface area contributed by atoms with Crippen LogP contribution in [0.25, 0.3) is 0 Å². The monoisotopic (exact) mass is 337 g/mol. The Labute approximate surface area is 126 Å². The smallest absolute Gasteiger partial charge is 0.254 e. The van der Waals surface area contributed by atoms with Crippen molar-refractivity contribution < 1.29 is 9.53 Å². The van der Waals surface area contributed by atoms with Crippen molar-refractivity contribution in [2.45, 2.75) is 13.0 Å². The lowest BCUT2D eigenvalue weighted by atomic mass is 10.3. The minimum Gasteiger partial charge on any atom is -0.488 e. The van der Waals surface area contributed by atoms with E-state index in [0.717, 1.165) is 10.2 Å². The molecule has 0 saturated carbocycles. The highest BCUT2D eigenvalue weighted by Crippen LogP contribution is 2.24. The highest BCUT2D eigenvalue weighted by atomic mass is 79.9. The summed E-state index contributed by atoms with van der Waals surface area (Å²) in [5.41, 5.74) is 0.542. The van der Waals surface area contributed by atoms with Gasteiger partial charge in [0.1, 0.15) is 11.9 Å². The maximum Gasteiger partial charge on any atom is 0.254 e. The van der Waals surface area contributed by atoms with Gasteiger partial charge in [0.15, 0.2) is 0 Å². The molecule has 0 aliphatic heterocycles. The molecule has 1 amide bonds. The number of ether oxygens (including phenoxy) is 1. The van der Waals surface area contributed by atoms with Crippen LogP contribution in [0, 0.1) is 0 Å². The predicted octanol–water partition coefficient (Wildman–Crippen LogP) is 2.38. The number of hydrogen-bond acceptors (Lipinski definition) is 3. The van der Waals surface area contributed by atoms with Crippen molar-refractivity contribution in [2.24, 2.45) is 7.05 Å². The maximum atomic E-state index is 11.9. The van der Waals surface area contributed by atoms with Crippen LogP contribution in [0.1, 0.15) is 17.3 Å². The van der Waals surface area contributed by atoms with E-state index in [9.17, 15) is 4.79 Å². The molecule has 1 aromatic carbocycles. The Morgan fingerprint density at radius 3 is 2.90 bits per heavy atom. The first-order valence-corrected chi connectivity index (χ1v) is 7.03. The minimum atomic E-state index is -0.152. The summed E-state index contributed by atoms with van der Waals surface area (Å²) in [6, 6.07) is 7.62. The lowest BCUT2D eigenvalue weighted by Crippen LogP contribution is -2.33. The molecule has 0 bridgehead atoms. The van der Waals surface area contributed by atoms with Crippen LogP contribution in [0.4, 0.5) is 0 Å². The zero-order chi connectivity index (χ0) is 14.5. The zero-order valence-electron chi connectivity index (χ0n) is 11.3. The van der Waals surface area contributed by atoms with Gasteiger partial charge in [-0.15, -0.1) is 0 Å². The molecule has 0 aliphatic rings. The number of hydrogen-bond donors (Lipinski definition) is 1. The Balaban J connectivity index is 1.85. The van der Waals surface area contributed by atoms with E-state index >= 15 is 0 Å². The zero-order valence-corrected chi connectivity index (χ0v) is 12.9. The minimum absolute atomic E-state index is 0.130. The Hall–Kier alpha value is -1.82. The van der Waals surface area contributed by atoms with Crippen LogP contribution in [-0.4, -0.2) is 28.3 Å². The Morgan fingerprint density at radius 1 is 1.50 bits per heavy atom. The van der Waals surface area contributed by atoms with Crippen molar-refractivity contribution in [3.8, 4) is 5.75 Å². The highest BCUT2D eigenvalue weighted by Gasteiger charge is 2.11. The number of amides is 1. The fourth-order valence-corrected chi connectivity index (χ4v) is 2.05. The van der Waals surface area contributed by atoms with E-state index in [1.807, 2.05) is 31.2 Å². The molecule has 0 aliphatic carbocycles. The van der Waals surface area contributed by atoms with Crippen molar-refractivity contribution in [2.75, 3.05) is 6.54 Å². The molecule has 1 aromatic heterocycles. The molecule has 20 heavy (non-hydrogen) atoms. The third-order valence-electron chi connectivity index (χ3n) is 2.68. The number of carbonyl (C=O) groups excluding carboxylic acids is 1. The van der Waals surface area contributed by atoms with E-state index in [0.29, 0.717) is 12.1 Å². The molecule has 0 spiro atoms. The van der Waals surface area contributed by atoms with Gasteiger partial charge in [-0.25, -0.2) is 0 Å². The SMILES string of the molecule is C[C@H](CNC(=O)c1cnn(C)c1)Oc1ccccc1Br. The van der Waals surface area contributed by atoms with Gasteiger partial charge in [-0.2, -0.15) is 5.10 Å². The molecule has 1 heterocycles. The van der Waals surface area contributed by atoms with Crippen LogP contribution in [0.15, 0.2) is 41.1 Å². The molecule has 106 valence electrons. The molecule has 0 unspecified atom stereocenters. The summed E-state index contributed by atoms with van der Waals surface area (Å²) in [6.07, 6.45) is 3.08. The maximum absolute atomic E-state index is 11.9. The van der Waals surface area contributed by atoms with Gasteiger partial charge in [0.25, 0.3) is 5.91 Å². The third kappa shape index (κ3) is 3.84. The summed E-state index contributed by atoms with van der Waals surface area (Å²) in [5, 5.41) is 6.78. The van der Waals surface area contributed by atoms with E-state index < -0.39 is 0 Å². The summed E-state index contributed by atoms with van der Waals surface area (Å²) in [6.45, 7) is 2.33. The van der Waals surface area contributed by atoms with Crippen LogP contribution in [-0.2, 0) is 7.05 Å². The number of benzene rings is 1. The van der Waals surface area contributed by atoms with Crippen LogP contribution >= 0.6 is 15.9 Å². The Morgan fingerprint density at radius 2 is 2.25 bits per heavy atom. The summed E-state index contributed by atoms with van der Waals surface area (Å²) < 4.78 is 8.24. The van der Waals surface area contributed by atoms with Crippen LogP contribution in [0.3, 0.4) is 0 Å². The van der Waals surface area contributed by atoms with Crippen molar-refractivity contribution >= 4 is 21.8 Å². The number of aromatic nitrogens is 2. The van der Waals surface area contributed by atoms with Crippen molar-refractivity contribution in [3.63, 3.8) is 0 Å².